The number of carbonyl (C=O) groups is 3. The van der Waals surface area contributed by atoms with E-state index in [1.54, 1.807) is 16.5 Å². The van der Waals surface area contributed by atoms with Gasteiger partial charge in [-0.25, -0.2) is 0 Å². The number of aryl methyl sites for hydroxylation is 2. The standard InChI is InChI=1S/C23H29N5O3/c1-15-5-3-6-18(11-15)14-27-9-4-10-28-20(23(27)31)12-19(26-28)22(30)25-16(2)21(29)24-13-17-7-8-17/h3,5-6,11-12,16-17H,4,7-10,13-14H2,1-2H3,(H,24,29)(H,25,30). The first-order valence-corrected chi connectivity index (χ1v) is 10.9. The Hall–Kier alpha value is -3.16. The van der Waals surface area contributed by atoms with Gasteiger partial charge in [0.05, 0.1) is 0 Å². The molecule has 3 amide bonds. The van der Waals surface area contributed by atoms with Crippen LogP contribution in [0, 0.1) is 12.8 Å². The summed E-state index contributed by atoms with van der Waals surface area (Å²) in [6.07, 6.45) is 3.06. The highest BCUT2D eigenvalue weighted by atomic mass is 16.2. The maximum atomic E-state index is 13.1. The fourth-order valence-corrected chi connectivity index (χ4v) is 3.78. The van der Waals surface area contributed by atoms with Crippen molar-refractivity contribution in [3.05, 3.63) is 52.8 Å². The summed E-state index contributed by atoms with van der Waals surface area (Å²) in [6.45, 7) is 6.05. The zero-order chi connectivity index (χ0) is 22.0. The number of amides is 3. The van der Waals surface area contributed by atoms with Crippen molar-refractivity contribution in [2.75, 3.05) is 13.1 Å². The lowest BCUT2D eigenvalue weighted by molar-refractivity contribution is -0.122. The van der Waals surface area contributed by atoms with E-state index < -0.39 is 11.9 Å². The van der Waals surface area contributed by atoms with E-state index in [0.717, 1.165) is 30.4 Å². The quantitative estimate of drug-likeness (QED) is 0.711. The Kier molecular flexibility index (Phi) is 6.06. The number of carbonyl (C=O) groups excluding carboxylic acids is 3. The highest BCUT2D eigenvalue weighted by Gasteiger charge is 2.28. The summed E-state index contributed by atoms with van der Waals surface area (Å²) < 4.78 is 1.60. The number of fused-ring (bicyclic) bond motifs is 1. The number of rotatable bonds is 7. The van der Waals surface area contributed by atoms with Gasteiger partial charge in [0.1, 0.15) is 11.7 Å². The monoisotopic (exact) mass is 423 g/mol. The largest absolute Gasteiger partial charge is 0.354 e. The fourth-order valence-electron chi connectivity index (χ4n) is 3.78. The smallest absolute Gasteiger partial charge is 0.272 e. The summed E-state index contributed by atoms with van der Waals surface area (Å²) in [5.74, 6) is -0.223. The van der Waals surface area contributed by atoms with Gasteiger partial charge < -0.3 is 15.5 Å². The second-order valence-corrected chi connectivity index (χ2v) is 8.59. The van der Waals surface area contributed by atoms with Crippen molar-refractivity contribution in [3.63, 3.8) is 0 Å². The number of nitrogens with zero attached hydrogens (tertiary/aromatic N) is 3. The molecule has 1 aliphatic carbocycles. The Balaban J connectivity index is 1.42. The molecule has 1 aromatic heterocycles. The van der Waals surface area contributed by atoms with Crippen LogP contribution in [0.4, 0.5) is 0 Å². The average Bonchev–Trinajstić information content (AvgIpc) is 3.50. The maximum absolute atomic E-state index is 13.1. The summed E-state index contributed by atoms with van der Waals surface area (Å²) in [7, 11) is 0. The molecule has 1 aliphatic heterocycles. The minimum atomic E-state index is -0.665. The molecular formula is C23H29N5O3. The highest BCUT2D eigenvalue weighted by molar-refractivity contribution is 5.99. The van der Waals surface area contributed by atoms with Crippen molar-refractivity contribution in [1.29, 1.82) is 0 Å². The van der Waals surface area contributed by atoms with Gasteiger partial charge in [0.15, 0.2) is 5.69 Å². The third-order valence-electron chi connectivity index (χ3n) is 5.78. The highest BCUT2D eigenvalue weighted by Crippen LogP contribution is 2.27. The van der Waals surface area contributed by atoms with Crippen LogP contribution in [-0.4, -0.2) is 51.5 Å². The summed E-state index contributed by atoms with van der Waals surface area (Å²) in [6, 6.07) is 8.96. The molecule has 1 fully saturated rings. The lowest BCUT2D eigenvalue weighted by Gasteiger charge is -2.20. The van der Waals surface area contributed by atoms with Crippen LogP contribution in [0.2, 0.25) is 0 Å². The summed E-state index contributed by atoms with van der Waals surface area (Å²) in [5, 5.41) is 9.88. The van der Waals surface area contributed by atoms with E-state index in [9.17, 15) is 14.4 Å². The molecule has 1 aromatic carbocycles. The predicted octanol–water partition coefficient (Wildman–Crippen LogP) is 1.88. The van der Waals surface area contributed by atoms with Crippen LogP contribution in [-0.2, 0) is 17.9 Å². The molecule has 0 radical (unpaired) electrons. The Bertz CT molecular complexity index is 995. The normalized spacial score (nSPS) is 17.0. The zero-order valence-electron chi connectivity index (χ0n) is 18.1. The van der Waals surface area contributed by atoms with Crippen LogP contribution >= 0.6 is 0 Å². The minimum Gasteiger partial charge on any atom is -0.354 e. The molecule has 1 saturated carbocycles. The molecule has 2 aromatic rings. The number of aromatic nitrogens is 2. The molecule has 0 bridgehead atoms. The number of hydrogen-bond donors (Lipinski definition) is 2. The van der Waals surface area contributed by atoms with E-state index in [1.165, 1.54) is 6.07 Å². The molecule has 4 rings (SSSR count). The van der Waals surface area contributed by atoms with Crippen molar-refractivity contribution < 1.29 is 14.4 Å². The van der Waals surface area contributed by atoms with Gasteiger partial charge in [-0.15, -0.1) is 0 Å². The Morgan fingerprint density at radius 3 is 2.77 bits per heavy atom. The van der Waals surface area contributed by atoms with Crippen molar-refractivity contribution in [2.24, 2.45) is 5.92 Å². The van der Waals surface area contributed by atoms with Gasteiger partial charge in [0.25, 0.3) is 11.8 Å². The Labute approximate surface area is 182 Å². The topological polar surface area (TPSA) is 96.3 Å². The first-order valence-electron chi connectivity index (χ1n) is 10.9. The number of hydrogen-bond acceptors (Lipinski definition) is 4. The van der Waals surface area contributed by atoms with Gasteiger partial charge in [0, 0.05) is 32.2 Å². The molecule has 8 nitrogen and oxygen atoms in total. The molecule has 0 saturated heterocycles. The SMILES string of the molecule is Cc1cccc(CN2CCCn3nc(C(=O)NC(C)C(=O)NCC4CC4)cc3C2=O)c1. The van der Waals surface area contributed by atoms with E-state index in [4.69, 9.17) is 0 Å². The molecule has 1 unspecified atom stereocenters. The molecule has 2 heterocycles. The van der Waals surface area contributed by atoms with Gasteiger partial charge in [-0.3, -0.25) is 19.1 Å². The van der Waals surface area contributed by atoms with Gasteiger partial charge in [-0.05, 0) is 44.6 Å². The first kappa shape index (κ1) is 21.1. The van der Waals surface area contributed by atoms with Crippen molar-refractivity contribution >= 4 is 17.7 Å². The second-order valence-electron chi connectivity index (χ2n) is 8.59. The summed E-state index contributed by atoms with van der Waals surface area (Å²) in [4.78, 5) is 39.7. The van der Waals surface area contributed by atoms with Gasteiger partial charge in [-0.1, -0.05) is 29.8 Å². The summed E-state index contributed by atoms with van der Waals surface area (Å²) >= 11 is 0. The molecule has 1 atom stereocenters. The van der Waals surface area contributed by atoms with Gasteiger partial charge >= 0.3 is 0 Å². The average molecular weight is 424 g/mol. The molecule has 2 aliphatic rings. The molecule has 2 N–H and O–H groups in total. The molecule has 0 spiro atoms. The lowest BCUT2D eigenvalue weighted by Crippen LogP contribution is -2.45. The van der Waals surface area contributed by atoms with E-state index in [1.807, 2.05) is 25.1 Å². The predicted molar refractivity (Wildman–Crippen MR) is 115 cm³/mol. The van der Waals surface area contributed by atoms with Crippen LogP contribution in [0.15, 0.2) is 30.3 Å². The van der Waals surface area contributed by atoms with E-state index in [0.29, 0.717) is 37.8 Å². The minimum absolute atomic E-state index is 0.138. The zero-order valence-corrected chi connectivity index (χ0v) is 18.1. The Morgan fingerprint density at radius 2 is 2.03 bits per heavy atom. The molecular weight excluding hydrogens is 394 g/mol. The second kappa shape index (κ2) is 8.91. The maximum Gasteiger partial charge on any atom is 0.272 e. The molecule has 8 heteroatoms. The van der Waals surface area contributed by atoms with Crippen molar-refractivity contribution in [3.8, 4) is 0 Å². The van der Waals surface area contributed by atoms with Crippen LogP contribution < -0.4 is 10.6 Å². The third-order valence-corrected chi connectivity index (χ3v) is 5.78. The van der Waals surface area contributed by atoms with Crippen LogP contribution in [0.5, 0.6) is 0 Å². The van der Waals surface area contributed by atoms with Crippen molar-refractivity contribution in [2.45, 2.75) is 52.2 Å². The first-order chi connectivity index (χ1) is 14.9. The van der Waals surface area contributed by atoms with E-state index in [-0.39, 0.29) is 17.5 Å². The van der Waals surface area contributed by atoms with E-state index in [2.05, 4.69) is 21.8 Å². The molecule has 31 heavy (non-hydrogen) atoms. The van der Waals surface area contributed by atoms with Gasteiger partial charge in [-0.2, -0.15) is 5.10 Å². The summed E-state index contributed by atoms with van der Waals surface area (Å²) in [5.41, 5.74) is 2.79. The van der Waals surface area contributed by atoms with Crippen LogP contribution in [0.25, 0.3) is 0 Å². The Morgan fingerprint density at radius 1 is 1.23 bits per heavy atom. The number of nitrogens with one attached hydrogen (secondary N) is 2. The van der Waals surface area contributed by atoms with Crippen LogP contribution in [0.3, 0.4) is 0 Å². The lowest BCUT2D eigenvalue weighted by atomic mass is 10.1. The van der Waals surface area contributed by atoms with Gasteiger partial charge in [0.2, 0.25) is 5.91 Å². The van der Waals surface area contributed by atoms with Crippen molar-refractivity contribution in [1.82, 2.24) is 25.3 Å². The van der Waals surface area contributed by atoms with E-state index >= 15 is 0 Å². The third kappa shape index (κ3) is 5.13. The fraction of sp³-hybridized carbons (Fsp3) is 0.478. The van der Waals surface area contributed by atoms with Crippen LogP contribution in [0.1, 0.15) is 58.3 Å². The number of benzene rings is 1. The molecule has 164 valence electrons.